The fourth-order valence-corrected chi connectivity index (χ4v) is 2.66. The van der Waals surface area contributed by atoms with Crippen LogP contribution in [0.5, 0.6) is 0 Å². The van der Waals surface area contributed by atoms with E-state index in [1.807, 2.05) is 26.8 Å². The van der Waals surface area contributed by atoms with Gasteiger partial charge in [0.25, 0.3) is 0 Å². The molecule has 78 valence electrons. The van der Waals surface area contributed by atoms with E-state index >= 15 is 0 Å². The maximum atomic E-state index is 11.9. The largest absolute Gasteiger partial charge is 0.293 e. The molecule has 1 aromatic heterocycles. The van der Waals surface area contributed by atoms with Crippen molar-refractivity contribution < 1.29 is 4.79 Å². The number of carbonyl (C=O) groups excluding carboxylic acids is 1. The number of aryl methyl sites for hydroxylation is 1. The molecule has 1 heterocycles. The molecule has 3 heteroatoms. The predicted octanol–water partition coefficient (Wildman–Crippen LogP) is 4.33. The standard InChI is InChI=1S/C11H15ClOS/c1-4-8(5-2)10(13)9-6-7(3)11(12)14-9/h6,8H,4-5H2,1-3H3. The van der Waals surface area contributed by atoms with Gasteiger partial charge in [0, 0.05) is 5.92 Å². The van der Waals surface area contributed by atoms with Gasteiger partial charge >= 0.3 is 0 Å². The molecule has 1 nitrogen and oxygen atoms in total. The first-order chi connectivity index (χ1) is 6.60. The fraction of sp³-hybridized carbons (Fsp3) is 0.545. The van der Waals surface area contributed by atoms with Crippen molar-refractivity contribution >= 4 is 28.7 Å². The predicted molar refractivity (Wildman–Crippen MR) is 62.5 cm³/mol. The molecule has 0 N–H and O–H groups in total. The van der Waals surface area contributed by atoms with E-state index in [0.717, 1.165) is 27.6 Å². The maximum Gasteiger partial charge on any atom is 0.175 e. The van der Waals surface area contributed by atoms with E-state index in [1.165, 1.54) is 11.3 Å². The van der Waals surface area contributed by atoms with Crippen LogP contribution in [0.1, 0.15) is 41.9 Å². The number of ketones is 1. The van der Waals surface area contributed by atoms with Gasteiger partial charge in [0.2, 0.25) is 0 Å². The average molecular weight is 231 g/mol. The van der Waals surface area contributed by atoms with Crippen LogP contribution < -0.4 is 0 Å². The van der Waals surface area contributed by atoms with Crippen LogP contribution in [0.15, 0.2) is 6.07 Å². The summed E-state index contributed by atoms with van der Waals surface area (Å²) in [5, 5.41) is 0. The van der Waals surface area contributed by atoms with Gasteiger partial charge in [0.1, 0.15) is 0 Å². The van der Waals surface area contributed by atoms with Crippen LogP contribution >= 0.6 is 22.9 Å². The van der Waals surface area contributed by atoms with Crippen LogP contribution in [0, 0.1) is 12.8 Å². The van der Waals surface area contributed by atoms with Crippen molar-refractivity contribution in [2.24, 2.45) is 5.92 Å². The second-order valence-electron chi connectivity index (χ2n) is 3.45. The van der Waals surface area contributed by atoms with E-state index in [9.17, 15) is 4.79 Å². The van der Waals surface area contributed by atoms with Crippen LogP contribution in [0.3, 0.4) is 0 Å². The van der Waals surface area contributed by atoms with E-state index in [4.69, 9.17) is 11.6 Å². The Morgan fingerprint density at radius 3 is 2.43 bits per heavy atom. The highest BCUT2D eigenvalue weighted by Crippen LogP contribution is 2.29. The zero-order valence-corrected chi connectivity index (χ0v) is 10.3. The number of halogens is 1. The SMILES string of the molecule is CCC(CC)C(=O)c1cc(C)c(Cl)s1. The molecule has 0 aliphatic heterocycles. The lowest BCUT2D eigenvalue weighted by Gasteiger charge is -2.08. The van der Waals surface area contributed by atoms with Crippen LogP contribution in [0.25, 0.3) is 0 Å². The number of hydrogen-bond donors (Lipinski definition) is 0. The summed E-state index contributed by atoms with van der Waals surface area (Å²) in [5.74, 6) is 0.402. The zero-order chi connectivity index (χ0) is 10.7. The third-order valence-electron chi connectivity index (χ3n) is 2.46. The van der Waals surface area contributed by atoms with Gasteiger partial charge in [-0.2, -0.15) is 0 Å². The quantitative estimate of drug-likeness (QED) is 0.704. The topological polar surface area (TPSA) is 17.1 Å². The van der Waals surface area contributed by atoms with E-state index in [0.29, 0.717) is 0 Å². The monoisotopic (exact) mass is 230 g/mol. The van der Waals surface area contributed by atoms with Gasteiger partial charge in [0.05, 0.1) is 9.21 Å². The Morgan fingerprint density at radius 1 is 1.50 bits per heavy atom. The first-order valence-electron chi connectivity index (χ1n) is 4.90. The summed E-state index contributed by atoms with van der Waals surface area (Å²) in [6.07, 6.45) is 1.81. The molecule has 0 unspecified atom stereocenters. The van der Waals surface area contributed by atoms with Crippen molar-refractivity contribution in [2.45, 2.75) is 33.6 Å². The second-order valence-corrected chi connectivity index (χ2v) is 5.10. The Bertz CT molecular complexity index is 307. The molecule has 0 saturated heterocycles. The lowest BCUT2D eigenvalue weighted by atomic mass is 9.97. The smallest absolute Gasteiger partial charge is 0.175 e. The highest BCUT2D eigenvalue weighted by molar-refractivity contribution is 7.18. The summed E-state index contributed by atoms with van der Waals surface area (Å²) in [6.45, 7) is 6.03. The molecule has 0 atom stereocenters. The van der Waals surface area contributed by atoms with Gasteiger partial charge in [-0.3, -0.25) is 4.79 Å². The molecule has 0 radical (unpaired) electrons. The Kier molecular flexibility index (Phi) is 4.14. The van der Waals surface area contributed by atoms with Gasteiger partial charge in [-0.1, -0.05) is 25.4 Å². The summed E-state index contributed by atoms with van der Waals surface area (Å²) in [6, 6.07) is 1.90. The van der Waals surface area contributed by atoms with E-state index in [2.05, 4.69) is 0 Å². The van der Waals surface area contributed by atoms with Crippen LogP contribution in [0.2, 0.25) is 4.34 Å². The van der Waals surface area contributed by atoms with Crippen molar-refractivity contribution in [3.63, 3.8) is 0 Å². The van der Waals surface area contributed by atoms with E-state index in [-0.39, 0.29) is 11.7 Å². The number of thiophene rings is 1. The molecule has 14 heavy (non-hydrogen) atoms. The summed E-state index contributed by atoms with van der Waals surface area (Å²) in [7, 11) is 0. The molecule has 1 aromatic rings. The highest BCUT2D eigenvalue weighted by Gasteiger charge is 2.18. The molecule has 0 amide bonds. The number of hydrogen-bond acceptors (Lipinski definition) is 2. The normalized spacial score (nSPS) is 10.9. The minimum absolute atomic E-state index is 0.157. The summed E-state index contributed by atoms with van der Waals surface area (Å²) >= 11 is 7.33. The van der Waals surface area contributed by atoms with Gasteiger partial charge in [-0.25, -0.2) is 0 Å². The summed E-state index contributed by atoms with van der Waals surface area (Å²) < 4.78 is 0.735. The molecule has 0 aromatic carbocycles. The summed E-state index contributed by atoms with van der Waals surface area (Å²) in [4.78, 5) is 12.7. The minimum Gasteiger partial charge on any atom is -0.293 e. The first-order valence-corrected chi connectivity index (χ1v) is 6.09. The van der Waals surface area contributed by atoms with E-state index < -0.39 is 0 Å². The first kappa shape index (κ1) is 11.7. The summed E-state index contributed by atoms with van der Waals surface area (Å²) in [5.41, 5.74) is 1.01. The van der Waals surface area contributed by atoms with E-state index in [1.54, 1.807) is 0 Å². The molecular weight excluding hydrogens is 216 g/mol. The second kappa shape index (κ2) is 4.94. The maximum absolute atomic E-state index is 11.9. The minimum atomic E-state index is 0.157. The third kappa shape index (κ3) is 2.37. The van der Waals surface area contributed by atoms with Crippen molar-refractivity contribution in [2.75, 3.05) is 0 Å². The van der Waals surface area contributed by atoms with Crippen molar-refractivity contribution in [3.05, 3.63) is 20.8 Å². The van der Waals surface area contributed by atoms with Crippen molar-refractivity contribution in [1.82, 2.24) is 0 Å². The zero-order valence-electron chi connectivity index (χ0n) is 8.76. The van der Waals surface area contributed by atoms with Crippen molar-refractivity contribution in [1.29, 1.82) is 0 Å². The number of Topliss-reactive ketones (excluding diaryl/α,β-unsaturated/α-hetero) is 1. The fourth-order valence-electron chi connectivity index (χ4n) is 1.44. The number of carbonyl (C=O) groups is 1. The molecule has 0 aliphatic carbocycles. The lowest BCUT2D eigenvalue weighted by molar-refractivity contribution is 0.0917. The average Bonchev–Trinajstić information content (AvgIpc) is 2.49. The van der Waals surface area contributed by atoms with Crippen LogP contribution in [-0.2, 0) is 0 Å². The van der Waals surface area contributed by atoms with Crippen LogP contribution in [0.4, 0.5) is 0 Å². The Balaban J connectivity index is 2.88. The molecule has 0 aliphatic rings. The molecule has 1 rings (SSSR count). The molecule has 0 saturated carbocycles. The van der Waals surface area contributed by atoms with Crippen molar-refractivity contribution in [3.8, 4) is 0 Å². The van der Waals surface area contributed by atoms with Gasteiger partial charge in [-0.15, -0.1) is 11.3 Å². The Morgan fingerprint density at radius 2 is 2.07 bits per heavy atom. The molecular formula is C11H15ClOS. The lowest BCUT2D eigenvalue weighted by Crippen LogP contribution is -2.11. The molecule has 0 bridgehead atoms. The Hall–Kier alpha value is -0.340. The highest BCUT2D eigenvalue weighted by atomic mass is 35.5. The third-order valence-corrected chi connectivity index (χ3v) is 4.03. The van der Waals surface area contributed by atoms with Gasteiger partial charge < -0.3 is 0 Å². The molecule has 0 fully saturated rings. The van der Waals surface area contributed by atoms with Crippen LogP contribution in [-0.4, -0.2) is 5.78 Å². The van der Waals surface area contributed by atoms with Gasteiger partial charge in [0.15, 0.2) is 5.78 Å². The molecule has 0 spiro atoms. The number of rotatable bonds is 4. The van der Waals surface area contributed by atoms with Gasteiger partial charge in [-0.05, 0) is 31.4 Å². The Labute approximate surface area is 94.1 Å².